The van der Waals surface area contributed by atoms with Crippen LogP contribution < -0.4 is 9.91 Å². The van der Waals surface area contributed by atoms with Crippen molar-refractivity contribution in [1.29, 1.82) is 0 Å². The van der Waals surface area contributed by atoms with Gasteiger partial charge in [-0.3, -0.25) is 9.59 Å². The molecule has 0 saturated carbocycles. The Kier molecular flexibility index (Phi) is 3.35. The van der Waals surface area contributed by atoms with Crippen molar-refractivity contribution in [3.63, 3.8) is 0 Å². The Hall–Kier alpha value is -2.73. The smallest absolute Gasteiger partial charge is 0.263 e. The van der Waals surface area contributed by atoms with Crippen LogP contribution in [-0.2, 0) is 9.59 Å². The second kappa shape index (κ2) is 5.42. The average Bonchev–Trinajstić information content (AvgIpc) is 3.09. The maximum absolute atomic E-state index is 12.9. The number of carbonyl (C=O) groups is 2. The van der Waals surface area contributed by atoms with Gasteiger partial charge in [-0.1, -0.05) is 40.6 Å². The van der Waals surface area contributed by atoms with Gasteiger partial charge in [-0.05, 0) is 37.3 Å². The van der Waals surface area contributed by atoms with Gasteiger partial charge in [0.05, 0.1) is 11.4 Å². The molecule has 2 amide bonds. The van der Waals surface area contributed by atoms with Crippen molar-refractivity contribution >= 4 is 34.8 Å². The normalized spacial score (nSPS) is 22.4. The van der Waals surface area contributed by atoms with Gasteiger partial charge in [-0.2, -0.15) is 5.11 Å². The first-order valence-electron chi connectivity index (χ1n) is 7.46. The number of aryl methyl sites for hydroxylation is 1. The van der Waals surface area contributed by atoms with Gasteiger partial charge < -0.3 is 0 Å². The van der Waals surface area contributed by atoms with Crippen LogP contribution in [0.1, 0.15) is 5.56 Å². The average molecular weight is 341 g/mol. The molecule has 0 spiro atoms. The lowest BCUT2D eigenvalue weighted by molar-refractivity contribution is -0.121. The number of hydrogen-bond donors (Lipinski definition) is 0. The summed E-state index contributed by atoms with van der Waals surface area (Å²) in [5.41, 5.74) is 2.28. The van der Waals surface area contributed by atoms with Gasteiger partial charge in [0.25, 0.3) is 11.8 Å². The van der Waals surface area contributed by atoms with Crippen LogP contribution in [0.2, 0.25) is 5.02 Å². The molecule has 2 aliphatic rings. The maximum atomic E-state index is 12.9. The summed E-state index contributed by atoms with van der Waals surface area (Å²) in [5.74, 6) is -0.733. The number of anilines is 2. The molecule has 0 aliphatic carbocycles. The summed E-state index contributed by atoms with van der Waals surface area (Å²) in [6.45, 7) is 1.98. The lowest BCUT2D eigenvalue weighted by Crippen LogP contribution is -2.39. The van der Waals surface area contributed by atoms with Crippen molar-refractivity contribution in [3.8, 4) is 0 Å². The summed E-state index contributed by atoms with van der Waals surface area (Å²) in [6, 6.07) is 12.6. The standard InChI is InChI=1S/C17H13ClN4O2/c1-10-5-7-12(8-6-10)22-15-14(19-20-22)16(23)21(17(15)24)13-4-2-3-11(18)9-13/h2-9,14-15H,1H3/t14-,15+/m0/s1. The Labute approximate surface area is 143 Å². The zero-order valence-corrected chi connectivity index (χ0v) is 13.5. The number of fused-ring (bicyclic) bond motifs is 1. The van der Waals surface area contributed by atoms with Crippen LogP contribution in [0.4, 0.5) is 11.4 Å². The largest absolute Gasteiger partial charge is 0.271 e. The molecule has 2 heterocycles. The molecule has 6 nitrogen and oxygen atoms in total. The molecular weight excluding hydrogens is 328 g/mol. The first-order valence-corrected chi connectivity index (χ1v) is 7.84. The third-order valence-electron chi connectivity index (χ3n) is 4.15. The second-order valence-corrected chi connectivity index (χ2v) is 6.20. The van der Waals surface area contributed by atoms with Crippen LogP contribution in [0.15, 0.2) is 58.9 Å². The zero-order valence-electron chi connectivity index (χ0n) is 12.8. The van der Waals surface area contributed by atoms with E-state index in [0.717, 1.165) is 16.2 Å². The highest BCUT2D eigenvalue weighted by atomic mass is 35.5. The molecular formula is C17H13ClN4O2. The van der Waals surface area contributed by atoms with Crippen molar-refractivity contribution < 1.29 is 9.59 Å². The van der Waals surface area contributed by atoms with E-state index < -0.39 is 12.1 Å². The molecule has 2 aromatic carbocycles. The Balaban J connectivity index is 1.70. The van der Waals surface area contributed by atoms with E-state index in [1.165, 1.54) is 5.01 Å². The molecule has 4 rings (SSSR count). The first-order chi connectivity index (χ1) is 11.6. The van der Waals surface area contributed by atoms with Crippen LogP contribution in [0, 0.1) is 6.92 Å². The van der Waals surface area contributed by atoms with Crippen LogP contribution >= 0.6 is 11.6 Å². The Bertz CT molecular complexity index is 865. The fraction of sp³-hybridized carbons (Fsp3) is 0.176. The van der Waals surface area contributed by atoms with E-state index in [0.29, 0.717) is 10.7 Å². The topological polar surface area (TPSA) is 65.3 Å². The molecule has 7 heteroatoms. The van der Waals surface area contributed by atoms with Crippen LogP contribution in [0.25, 0.3) is 0 Å². The van der Waals surface area contributed by atoms with Gasteiger partial charge in [0.2, 0.25) is 0 Å². The third kappa shape index (κ3) is 2.18. The summed E-state index contributed by atoms with van der Waals surface area (Å²) in [4.78, 5) is 26.6. The molecule has 120 valence electrons. The molecule has 0 radical (unpaired) electrons. The van der Waals surface area contributed by atoms with E-state index in [-0.39, 0.29) is 11.8 Å². The lowest BCUT2D eigenvalue weighted by Gasteiger charge is -2.20. The van der Waals surface area contributed by atoms with Gasteiger partial charge in [0.15, 0.2) is 12.1 Å². The van der Waals surface area contributed by atoms with Crippen LogP contribution in [-0.4, -0.2) is 23.9 Å². The lowest BCUT2D eigenvalue weighted by atomic mass is 10.1. The van der Waals surface area contributed by atoms with Crippen molar-refractivity contribution in [3.05, 3.63) is 59.1 Å². The van der Waals surface area contributed by atoms with E-state index in [4.69, 9.17) is 11.6 Å². The number of carbonyl (C=O) groups excluding carboxylic acids is 2. The van der Waals surface area contributed by atoms with Crippen molar-refractivity contribution in [2.45, 2.75) is 19.0 Å². The van der Waals surface area contributed by atoms with Gasteiger partial charge >= 0.3 is 0 Å². The SMILES string of the molecule is Cc1ccc(N2N=N[C@@H]3C(=O)N(c4cccc(Cl)c4)C(=O)[C@@H]32)cc1. The molecule has 24 heavy (non-hydrogen) atoms. The second-order valence-electron chi connectivity index (χ2n) is 5.77. The number of hydrogen-bond acceptors (Lipinski definition) is 5. The predicted octanol–water partition coefficient (Wildman–Crippen LogP) is 3.15. The minimum Gasteiger partial charge on any atom is -0.271 e. The molecule has 2 aromatic rings. The molecule has 0 bridgehead atoms. The molecule has 0 aromatic heterocycles. The molecule has 2 aliphatic heterocycles. The molecule has 1 saturated heterocycles. The van der Waals surface area contributed by atoms with Gasteiger partial charge in [0, 0.05) is 5.02 Å². The van der Waals surface area contributed by atoms with Gasteiger partial charge in [-0.25, -0.2) is 9.91 Å². The van der Waals surface area contributed by atoms with Crippen molar-refractivity contribution in [2.75, 3.05) is 9.91 Å². The minimum atomic E-state index is -0.821. The summed E-state index contributed by atoms with van der Waals surface area (Å²) in [7, 11) is 0. The monoisotopic (exact) mass is 340 g/mol. The van der Waals surface area contributed by atoms with Crippen LogP contribution in [0.5, 0.6) is 0 Å². The van der Waals surface area contributed by atoms with E-state index in [1.54, 1.807) is 24.3 Å². The predicted molar refractivity (Wildman–Crippen MR) is 90.0 cm³/mol. The van der Waals surface area contributed by atoms with Crippen LogP contribution in [0.3, 0.4) is 0 Å². The van der Waals surface area contributed by atoms with E-state index in [2.05, 4.69) is 10.3 Å². The minimum absolute atomic E-state index is 0.349. The fourth-order valence-electron chi connectivity index (χ4n) is 2.94. The van der Waals surface area contributed by atoms with Gasteiger partial charge in [-0.15, -0.1) is 0 Å². The van der Waals surface area contributed by atoms with Crippen molar-refractivity contribution in [2.24, 2.45) is 10.3 Å². The molecule has 0 unspecified atom stereocenters. The third-order valence-corrected chi connectivity index (χ3v) is 4.38. The number of imide groups is 1. The summed E-state index contributed by atoms with van der Waals surface area (Å²) in [6.07, 6.45) is 0. The highest BCUT2D eigenvalue weighted by Crippen LogP contribution is 2.35. The number of halogens is 1. The maximum Gasteiger partial charge on any atom is 0.263 e. The van der Waals surface area contributed by atoms with E-state index in [9.17, 15) is 9.59 Å². The number of rotatable bonds is 2. The summed E-state index contributed by atoms with van der Waals surface area (Å²) in [5, 5.41) is 10.0. The fourth-order valence-corrected chi connectivity index (χ4v) is 3.13. The number of amides is 2. The molecule has 2 atom stereocenters. The van der Waals surface area contributed by atoms with Crippen molar-refractivity contribution in [1.82, 2.24) is 0 Å². The summed E-state index contributed by atoms with van der Waals surface area (Å²) < 4.78 is 0. The number of nitrogens with zero attached hydrogens (tertiary/aromatic N) is 4. The molecule has 1 fully saturated rings. The molecule has 0 N–H and O–H groups in total. The Morgan fingerprint density at radius 2 is 1.75 bits per heavy atom. The quantitative estimate of drug-likeness (QED) is 0.789. The Morgan fingerprint density at radius 1 is 1.00 bits per heavy atom. The van der Waals surface area contributed by atoms with E-state index in [1.807, 2.05) is 31.2 Å². The van der Waals surface area contributed by atoms with Gasteiger partial charge in [0.1, 0.15) is 0 Å². The Morgan fingerprint density at radius 3 is 2.46 bits per heavy atom. The first kappa shape index (κ1) is 14.8. The number of benzene rings is 2. The highest BCUT2D eigenvalue weighted by Gasteiger charge is 2.55. The van der Waals surface area contributed by atoms with E-state index >= 15 is 0 Å². The summed E-state index contributed by atoms with van der Waals surface area (Å²) >= 11 is 5.98. The zero-order chi connectivity index (χ0) is 16.8. The highest BCUT2D eigenvalue weighted by molar-refractivity contribution is 6.31.